The van der Waals surface area contributed by atoms with E-state index in [0.717, 1.165) is 26.1 Å². The van der Waals surface area contributed by atoms with Gasteiger partial charge in [-0.3, -0.25) is 9.69 Å². The number of nitrogens with two attached hydrogens (primary N) is 1. The highest BCUT2D eigenvalue weighted by Gasteiger charge is 2.34. The first kappa shape index (κ1) is 14.7. The minimum Gasteiger partial charge on any atom is -0.393 e. The summed E-state index contributed by atoms with van der Waals surface area (Å²) in [4.78, 5) is 17.5. The van der Waals surface area contributed by atoms with E-state index in [-0.39, 0.29) is 17.7 Å². The van der Waals surface area contributed by atoms with Crippen LogP contribution < -0.4 is 5.73 Å². The zero-order chi connectivity index (χ0) is 14.0. The van der Waals surface area contributed by atoms with Crippen molar-refractivity contribution in [2.45, 2.75) is 39.2 Å². The molecule has 2 rings (SSSR count). The van der Waals surface area contributed by atoms with Gasteiger partial charge in [0.05, 0.1) is 10.9 Å². The van der Waals surface area contributed by atoms with Crippen molar-refractivity contribution in [2.75, 3.05) is 26.2 Å². The third-order valence-electron chi connectivity index (χ3n) is 4.35. The smallest absolute Gasteiger partial charge is 0.232 e. The Hall–Kier alpha value is -0.680. The highest BCUT2D eigenvalue weighted by atomic mass is 32.1. The van der Waals surface area contributed by atoms with E-state index >= 15 is 0 Å². The number of carbonyl (C=O) groups is 1. The van der Waals surface area contributed by atoms with Crippen LogP contribution in [0.5, 0.6) is 0 Å². The molecule has 2 atom stereocenters. The summed E-state index contributed by atoms with van der Waals surface area (Å²) in [6.07, 6.45) is 3.53. The fourth-order valence-electron chi connectivity index (χ4n) is 3.34. The van der Waals surface area contributed by atoms with E-state index in [2.05, 4.69) is 4.90 Å². The van der Waals surface area contributed by atoms with E-state index in [1.165, 1.54) is 19.4 Å². The van der Waals surface area contributed by atoms with Crippen LogP contribution in [0.3, 0.4) is 0 Å². The Morgan fingerprint density at radius 1 is 1.26 bits per heavy atom. The summed E-state index contributed by atoms with van der Waals surface area (Å²) in [7, 11) is 0. The predicted molar refractivity (Wildman–Crippen MR) is 80.9 cm³/mol. The predicted octanol–water partition coefficient (Wildman–Crippen LogP) is 1.24. The second-order valence-corrected chi connectivity index (χ2v) is 6.57. The lowest BCUT2D eigenvalue weighted by Gasteiger charge is -2.30. The van der Waals surface area contributed by atoms with Gasteiger partial charge in [-0.2, -0.15) is 0 Å². The summed E-state index contributed by atoms with van der Waals surface area (Å²) < 4.78 is 0. The van der Waals surface area contributed by atoms with E-state index in [1.54, 1.807) is 0 Å². The molecule has 0 aromatic heterocycles. The van der Waals surface area contributed by atoms with Crippen LogP contribution in [0.15, 0.2) is 0 Å². The molecule has 2 fully saturated rings. The van der Waals surface area contributed by atoms with Crippen LogP contribution in [0.4, 0.5) is 0 Å². The van der Waals surface area contributed by atoms with Gasteiger partial charge in [0.15, 0.2) is 0 Å². The van der Waals surface area contributed by atoms with Gasteiger partial charge in [-0.25, -0.2) is 0 Å². The Kier molecular flexibility index (Phi) is 4.79. The molecule has 0 bridgehead atoms. The summed E-state index contributed by atoms with van der Waals surface area (Å²) >= 11 is 5.09. The van der Waals surface area contributed by atoms with E-state index < -0.39 is 0 Å². The topological polar surface area (TPSA) is 49.6 Å². The largest absolute Gasteiger partial charge is 0.393 e. The molecular weight excluding hydrogens is 258 g/mol. The Morgan fingerprint density at radius 2 is 1.95 bits per heavy atom. The molecule has 4 nitrogen and oxygen atoms in total. The van der Waals surface area contributed by atoms with Crippen LogP contribution in [-0.4, -0.2) is 52.9 Å². The van der Waals surface area contributed by atoms with Gasteiger partial charge >= 0.3 is 0 Å². The molecule has 0 aliphatic carbocycles. The zero-order valence-corrected chi connectivity index (χ0v) is 12.8. The molecule has 0 spiro atoms. The standard InChI is InChI=1S/C14H25N3OS/c1-10(2)12(13(15)19)14(18)17-8-4-7-16-6-3-5-11(16)9-17/h10-12H,3-9H2,1-2H3,(H2,15,19). The molecular formula is C14H25N3OS. The van der Waals surface area contributed by atoms with Crippen LogP contribution in [0.25, 0.3) is 0 Å². The normalized spacial score (nSPS) is 26.1. The van der Waals surface area contributed by atoms with Crippen molar-refractivity contribution in [3.8, 4) is 0 Å². The maximum Gasteiger partial charge on any atom is 0.232 e. The summed E-state index contributed by atoms with van der Waals surface area (Å²) in [5.74, 6) is 0.00661. The molecule has 2 heterocycles. The molecule has 5 heteroatoms. The van der Waals surface area contributed by atoms with Gasteiger partial charge in [-0.15, -0.1) is 0 Å². The number of rotatable bonds is 3. The molecule has 2 aliphatic rings. The van der Waals surface area contributed by atoms with Crippen molar-refractivity contribution >= 4 is 23.1 Å². The molecule has 108 valence electrons. The molecule has 1 amide bonds. The van der Waals surface area contributed by atoms with Crippen LogP contribution in [0.2, 0.25) is 0 Å². The summed E-state index contributed by atoms with van der Waals surface area (Å²) in [6, 6.07) is 0.547. The van der Waals surface area contributed by atoms with Crippen LogP contribution in [0.1, 0.15) is 33.1 Å². The lowest BCUT2D eigenvalue weighted by atomic mass is 9.94. The summed E-state index contributed by atoms with van der Waals surface area (Å²) in [6.45, 7) is 8.04. The quantitative estimate of drug-likeness (QED) is 0.792. The van der Waals surface area contributed by atoms with Crippen molar-refractivity contribution in [2.24, 2.45) is 17.6 Å². The average Bonchev–Trinajstić information content (AvgIpc) is 2.65. The molecule has 2 aliphatic heterocycles. The minimum absolute atomic E-state index is 0.135. The highest BCUT2D eigenvalue weighted by Crippen LogP contribution is 2.23. The van der Waals surface area contributed by atoms with Gasteiger partial charge in [-0.05, 0) is 31.7 Å². The number of thiocarbonyl (C=S) groups is 1. The number of hydrogen-bond acceptors (Lipinski definition) is 3. The molecule has 19 heavy (non-hydrogen) atoms. The third kappa shape index (κ3) is 3.26. The average molecular weight is 283 g/mol. The maximum absolute atomic E-state index is 12.7. The Morgan fingerprint density at radius 3 is 2.58 bits per heavy atom. The first-order valence-corrected chi connectivity index (χ1v) is 7.73. The third-order valence-corrected chi connectivity index (χ3v) is 4.61. The van der Waals surface area contributed by atoms with Crippen molar-refractivity contribution in [3.05, 3.63) is 0 Å². The lowest BCUT2D eigenvalue weighted by Crippen LogP contribution is -2.46. The van der Waals surface area contributed by atoms with Crippen LogP contribution in [-0.2, 0) is 4.79 Å². The number of carbonyl (C=O) groups excluding carboxylic acids is 1. The molecule has 0 saturated carbocycles. The van der Waals surface area contributed by atoms with Gasteiger partial charge in [0.1, 0.15) is 0 Å². The first-order chi connectivity index (χ1) is 9.00. The van der Waals surface area contributed by atoms with Gasteiger partial charge in [-0.1, -0.05) is 26.1 Å². The highest BCUT2D eigenvalue weighted by molar-refractivity contribution is 7.80. The molecule has 0 radical (unpaired) electrons. The monoisotopic (exact) mass is 283 g/mol. The fraction of sp³-hybridized carbons (Fsp3) is 0.857. The number of fused-ring (bicyclic) bond motifs is 1. The molecule has 2 unspecified atom stereocenters. The number of amides is 1. The number of hydrogen-bond donors (Lipinski definition) is 1. The Balaban J connectivity index is 2.07. The first-order valence-electron chi connectivity index (χ1n) is 7.33. The summed E-state index contributed by atoms with van der Waals surface area (Å²) in [5, 5.41) is 0. The lowest BCUT2D eigenvalue weighted by molar-refractivity contribution is -0.134. The van der Waals surface area contributed by atoms with Crippen molar-refractivity contribution in [1.82, 2.24) is 9.80 Å². The SMILES string of the molecule is CC(C)C(C(=O)N1CCCN2CCCC2C1)C(N)=S. The molecule has 0 aromatic carbocycles. The second-order valence-electron chi connectivity index (χ2n) is 6.09. The second kappa shape index (κ2) is 6.18. The molecule has 0 aromatic rings. The van der Waals surface area contributed by atoms with Crippen LogP contribution in [0, 0.1) is 11.8 Å². The molecule has 2 saturated heterocycles. The van der Waals surface area contributed by atoms with Gasteiger partial charge in [0, 0.05) is 25.7 Å². The Bertz CT molecular complexity index is 359. The van der Waals surface area contributed by atoms with Crippen LogP contribution >= 0.6 is 12.2 Å². The Labute approximate surface area is 121 Å². The van der Waals surface area contributed by atoms with Crippen molar-refractivity contribution in [1.29, 1.82) is 0 Å². The zero-order valence-electron chi connectivity index (χ0n) is 12.0. The van der Waals surface area contributed by atoms with E-state index in [0.29, 0.717) is 11.0 Å². The van der Waals surface area contributed by atoms with E-state index in [4.69, 9.17) is 18.0 Å². The van der Waals surface area contributed by atoms with E-state index in [9.17, 15) is 4.79 Å². The van der Waals surface area contributed by atoms with E-state index in [1.807, 2.05) is 18.7 Å². The van der Waals surface area contributed by atoms with Crippen molar-refractivity contribution < 1.29 is 4.79 Å². The number of nitrogens with zero attached hydrogens (tertiary/aromatic N) is 2. The van der Waals surface area contributed by atoms with Gasteiger partial charge < -0.3 is 10.6 Å². The van der Waals surface area contributed by atoms with Gasteiger partial charge in [0.2, 0.25) is 5.91 Å². The fourth-order valence-corrected chi connectivity index (χ4v) is 3.71. The van der Waals surface area contributed by atoms with Crippen molar-refractivity contribution in [3.63, 3.8) is 0 Å². The summed E-state index contributed by atoms with van der Waals surface area (Å²) in [5.41, 5.74) is 5.76. The maximum atomic E-state index is 12.7. The van der Waals surface area contributed by atoms with Gasteiger partial charge in [0.25, 0.3) is 0 Å². The minimum atomic E-state index is -0.303. The molecule has 2 N–H and O–H groups in total.